The summed E-state index contributed by atoms with van der Waals surface area (Å²) >= 11 is 0. The number of ether oxygens (including phenoxy) is 2. The second-order valence-electron chi connectivity index (χ2n) is 9.12. The van der Waals surface area contributed by atoms with Crippen molar-refractivity contribution < 1.29 is 23.5 Å². The van der Waals surface area contributed by atoms with Crippen LogP contribution < -0.4 is 10.4 Å². The summed E-state index contributed by atoms with van der Waals surface area (Å²) in [5, 5.41) is 2.35. The lowest BCUT2D eigenvalue weighted by molar-refractivity contribution is -0.145. The summed E-state index contributed by atoms with van der Waals surface area (Å²) in [4.78, 5) is 23.7. The zero-order chi connectivity index (χ0) is 22.5. The number of hydrogen-bond donors (Lipinski definition) is 0. The second-order valence-corrected chi connectivity index (χ2v) is 13.4. The number of Topliss-reactive ketones (excluding diaryl/α,β-unsaturated/α-hetero) is 1. The van der Waals surface area contributed by atoms with Crippen LogP contribution in [0.5, 0.6) is 0 Å². The molecule has 5 nitrogen and oxygen atoms in total. The fraction of sp³-hybridized carbons (Fsp3) is 0.440. The van der Waals surface area contributed by atoms with Gasteiger partial charge in [0.25, 0.3) is 8.32 Å². The Hall–Kier alpha value is -2.28. The molecule has 1 fully saturated rings. The summed E-state index contributed by atoms with van der Waals surface area (Å²) in [5.74, 6) is -0.645. The van der Waals surface area contributed by atoms with Crippen molar-refractivity contribution in [1.82, 2.24) is 0 Å². The standard InChI is InChI=1S/C25H32O5Si/c1-25(2,3)31(20-11-7-5-8-12-20,21-13-9-6-10-14-21)30-18-19-15-23(29-17-19)22(26)16-24(27)28-4/h5-14,19,23H,15-18H2,1-4H3/t19-,23-/m1/s1. The number of carbonyl (C=O) groups is 2. The Morgan fingerprint density at radius 2 is 1.55 bits per heavy atom. The van der Waals surface area contributed by atoms with Gasteiger partial charge in [0.15, 0.2) is 5.78 Å². The van der Waals surface area contributed by atoms with Crippen LogP contribution in [0, 0.1) is 5.92 Å². The Balaban J connectivity index is 1.83. The van der Waals surface area contributed by atoms with Gasteiger partial charge in [0.2, 0.25) is 0 Å². The van der Waals surface area contributed by atoms with E-state index in [0.717, 1.165) is 0 Å². The van der Waals surface area contributed by atoms with Crippen LogP contribution in [0.25, 0.3) is 0 Å². The zero-order valence-corrected chi connectivity index (χ0v) is 19.8. The third kappa shape index (κ3) is 5.14. The van der Waals surface area contributed by atoms with Crippen LogP contribution in [0.15, 0.2) is 60.7 Å². The van der Waals surface area contributed by atoms with Gasteiger partial charge >= 0.3 is 5.97 Å². The lowest BCUT2D eigenvalue weighted by Crippen LogP contribution is -2.66. The molecule has 0 bridgehead atoms. The molecule has 0 spiro atoms. The maximum absolute atomic E-state index is 12.3. The van der Waals surface area contributed by atoms with Crippen LogP contribution in [0.1, 0.15) is 33.6 Å². The number of esters is 1. The van der Waals surface area contributed by atoms with E-state index < -0.39 is 20.4 Å². The fourth-order valence-electron chi connectivity index (χ4n) is 4.36. The van der Waals surface area contributed by atoms with E-state index in [1.165, 1.54) is 17.5 Å². The van der Waals surface area contributed by atoms with Gasteiger partial charge in [-0.25, -0.2) is 0 Å². The largest absolute Gasteiger partial charge is 0.469 e. The van der Waals surface area contributed by atoms with E-state index in [2.05, 4.69) is 74.0 Å². The normalized spacial score (nSPS) is 19.2. The molecular formula is C25H32O5Si. The average Bonchev–Trinajstić information content (AvgIpc) is 3.24. The van der Waals surface area contributed by atoms with Gasteiger partial charge < -0.3 is 13.9 Å². The van der Waals surface area contributed by atoms with E-state index in [0.29, 0.717) is 19.6 Å². The second kappa shape index (κ2) is 9.89. The molecule has 1 heterocycles. The molecule has 2 atom stereocenters. The smallest absolute Gasteiger partial charge is 0.313 e. The minimum absolute atomic E-state index is 0.102. The van der Waals surface area contributed by atoms with Gasteiger partial charge in [-0.05, 0) is 21.8 Å². The third-order valence-electron chi connectivity index (χ3n) is 5.94. The molecule has 0 saturated carbocycles. The summed E-state index contributed by atoms with van der Waals surface area (Å²) in [7, 11) is -1.33. The summed E-state index contributed by atoms with van der Waals surface area (Å²) in [5.41, 5.74) is 0. The van der Waals surface area contributed by atoms with Crippen molar-refractivity contribution in [2.24, 2.45) is 5.92 Å². The maximum Gasteiger partial charge on any atom is 0.313 e. The molecule has 0 unspecified atom stereocenters. The first-order chi connectivity index (χ1) is 14.8. The zero-order valence-electron chi connectivity index (χ0n) is 18.8. The van der Waals surface area contributed by atoms with Gasteiger partial charge in [0.1, 0.15) is 12.5 Å². The monoisotopic (exact) mass is 440 g/mol. The Kier molecular flexibility index (Phi) is 7.46. The molecule has 3 rings (SSSR count). The van der Waals surface area contributed by atoms with Crippen molar-refractivity contribution in [2.75, 3.05) is 20.3 Å². The quantitative estimate of drug-likeness (QED) is 0.359. The molecule has 0 amide bonds. The predicted molar refractivity (Wildman–Crippen MR) is 123 cm³/mol. The topological polar surface area (TPSA) is 61.8 Å². The van der Waals surface area contributed by atoms with E-state index in [4.69, 9.17) is 9.16 Å². The van der Waals surface area contributed by atoms with E-state index >= 15 is 0 Å². The number of rotatable bonds is 8. The molecule has 2 aromatic rings. The molecule has 1 aliphatic heterocycles. The average molecular weight is 441 g/mol. The molecule has 31 heavy (non-hydrogen) atoms. The summed E-state index contributed by atoms with van der Waals surface area (Å²) in [6.45, 7) is 7.69. The van der Waals surface area contributed by atoms with Gasteiger partial charge in [-0.2, -0.15) is 0 Å². The number of carbonyl (C=O) groups excluding carboxylic acids is 2. The van der Waals surface area contributed by atoms with Crippen LogP contribution in [0.2, 0.25) is 5.04 Å². The molecule has 6 heteroatoms. The van der Waals surface area contributed by atoms with E-state index in [-0.39, 0.29) is 23.2 Å². The molecule has 166 valence electrons. The summed E-state index contributed by atoms with van der Waals surface area (Å²) < 4.78 is 17.3. The number of hydrogen-bond acceptors (Lipinski definition) is 5. The molecule has 1 saturated heterocycles. The lowest BCUT2D eigenvalue weighted by atomic mass is 10.0. The minimum atomic E-state index is -2.61. The molecular weight excluding hydrogens is 408 g/mol. The summed E-state index contributed by atoms with van der Waals surface area (Å²) in [6, 6.07) is 21.0. The van der Waals surface area contributed by atoms with Crippen molar-refractivity contribution in [3.05, 3.63) is 60.7 Å². The van der Waals surface area contributed by atoms with Crippen molar-refractivity contribution in [3.63, 3.8) is 0 Å². The highest BCUT2D eigenvalue weighted by molar-refractivity contribution is 6.99. The first-order valence-electron chi connectivity index (χ1n) is 10.7. The highest BCUT2D eigenvalue weighted by Gasteiger charge is 2.50. The van der Waals surface area contributed by atoms with Crippen LogP contribution in [0.3, 0.4) is 0 Å². The summed E-state index contributed by atoms with van der Waals surface area (Å²) in [6.07, 6.45) is -0.246. The Morgan fingerprint density at radius 1 is 1.00 bits per heavy atom. The van der Waals surface area contributed by atoms with Crippen molar-refractivity contribution in [1.29, 1.82) is 0 Å². The van der Waals surface area contributed by atoms with E-state index in [1.54, 1.807) is 0 Å². The predicted octanol–water partition coefficient (Wildman–Crippen LogP) is 3.10. The number of ketones is 1. The van der Waals surface area contributed by atoms with Gasteiger partial charge in [-0.15, -0.1) is 0 Å². The third-order valence-corrected chi connectivity index (χ3v) is 10.9. The molecule has 0 radical (unpaired) electrons. The maximum atomic E-state index is 12.3. The Bertz CT molecular complexity index is 836. The molecule has 2 aromatic carbocycles. The van der Waals surface area contributed by atoms with Gasteiger partial charge in [0, 0.05) is 12.5 Å². The van der Waals surface area contributed by atoms with Crippen LogP contribution in [0.4, 0.5) is 0 Å². The molecule has 1 aliphatic rings. The molecule has 0 aliphatic carbocycles. The molecule has 0 aromatic heterocycles. The number of benzene rings is 2. The van der Waals surface area contributed by atoms with Crippen molar-refractivity contribution in [3.8, 4) is 0 Å². The van der Waals surface area contributed by atoms with Crippen LogP contribution in [-0.4, -0.2) is 46.5 Å². The number of methoxy groups -OCH3 is 1. The van der Waals surface area contributed by atoms with Crippen molar-refractivity contribution in [2.45, 2.75) is 44.8 Å². The van der Waals surface area contributed by atoms with Crippen LogP contribution >= 0.6 is 0 Å². The van der Waals surface area contributed by atoms with E-state index in [1.807, 2.05) is 12.1 Å². The van der Waals surface area contributed by atoms with Gasteiger partial charge in [0.05, 0.1) is 13.7 Å². The Morgan fingerprint density at radius 3 is 2.03 bits per heavy atom. The Labute approximate surface area is 185 Å². The lowest BCUT2D eigenvalue weighted by Gasteiger charge is -2.43. The van der Waals surface area contributed by atoms with Gasteiger partial charge in [-0.3, -0.25) is 9.59 Å². The highest BCUT2D eigenvalue weighted by atomic mass is 28.4. The minimum Gasteiger partial charge on any atom is -0.469 e. The first kappa shape index (κ1) is 23.4. The fourth-order valence-corrected chi connectivity index (χ4v) is 9.01. The van der Waals surface area contributed by atoms with Crippen molar-refractivity contribution >= 4 is 30.4 Å². The first-order valence-corrected chi connectivity index (χ1v) is 12.6. The highest BCUT2D eigenvalue weighted by Crippen LogP contribution is 2.37. The van der Waals surface area contributed by atoms with E-state index in [9.17, 15) is 9.59 Å². The van der Waals surface area contributed by atoms with Crippen LogP contribution in [-0.2, 0) is 23.5 Å². The van der Waals surface area contributed by atoms with Gasteiger partial charge in [-0.1, -0.05) is 81.4 Å². The SMILES string of the molecule is COC(=O)CC(=O)[C@H]1C[C@@H](CO[Si](c2ccccc2)(c2ccccc2)C(C)(C)C)CO1. The molecule has 0 N–H and O–H groups in total.